The van der Waals surface area contributed by atoms with Crippen molar-refractivity contribution in [3.63, 3.8) is 0 Å². The average Bonchev–Trinajstić information content (AvgIpc) is 1.85. The molecule has 11 heavy (non-hydrogen) atoms. The molecule has 0 unspecified atom stereocenters. The van der Waals surface area contributed by atoms with Gasteiger partial charge in [-0.05, 0) is 6.42 Å². The summed E-state index contributed by atoms with van der Waals surface area (Å²) in [5.74, 6) is 0. The van der Waals surface area contributed by atoms with Gasteiger partial charge in [0, 0.05) is 6.54 Å². The zero-order chi connectivity index (χ0) is 8.74. The quantitative estimate of drug-likeness (QED) is 0.379. The molecule has 0 heterocycles. The first kappa shape index (κ1) is 10.4. The van der Waals surface area contributed by atoms with Gasteiger partial charge in [-0.3, -0.25) is 4.79 Å². The summed E-state index contributed by atoms with van der Waals surface area (Å²) >= 11 is 0. The van der Waals surface area contributed by atoms with Crippen molar-refractivity contribution < 1.29 is 4.79 Å². The van der Waals surface area contributed by atoms with Crippen molar-refractivity contribution >= 4 is 14.5 Å². The second-order valence-corrected chi connectivity index (χ2v) is 8.69. The highest BCUT2D eigenvalue weighted by atomic mass is 28.3. The van der Waals surface area contributed by atoms with E-state index >= 15 is 0 Å². The minimum absolute atomic E-state index is 0.738. The fraction of sp³-hybridized carbons (Fsp3) is 0.625. The van der Waals surface area contributed by atoms with Crippen LogP contribution in [0.3, 0.4) is 0 Å². The SMILES string of the molecule is C[Si](C)(C)/C=C\CCNC=O. The molecule has 64 valence electrons. The summed E-state index contributed by atoms with van der Waals surface area (Å²) < 4.78 is 0. The van der Waals surface area contributed by atoms with E-state index < -0.39 is 8.07 Å². The Bertz CT molecular complexity index is 138. The lowest BCUT2D eigenvalue weighted by molar-refractivity contribution is -0.109. The lowest BCUT2D eigenvalue weighted by atomic mass is 10.4. The number of nitrogens with one attached hydrogen (secondary N) is 1. The maximum Gasteiger partial charge on any atom is 0.207 e. The zero-order valence-corrected chi connectivity index (χ0v) is 8.55. The Morgan fingerprint density at radius 3 is 2.45 bits per heavy atom. The molecule has 0 fully saturated rings. The molecule has 0 aromatic heterocycles. The summed E-state index contributed by atoms with van der Waals surface area (Å²) in [5.41, 5.74) is 2.29. The largest absolute Gasteiger partial charge is 0.358 e. The van der Waals surface area contributed by atoms with Crippen molar-refractivity contribution in [2.24, 2.45) is 0 Å². The standard InChI is InChI=1S/C8H17NOSi/c1-11(2,3)7-5-4-6-9-8-10/h5,7-8H,4,6H2,1-3H3,(H,9,10)/b7-5-. The Labute approximate surface area is 69.7 Å². The Hall–Kier alpha value is -0.573. The Balaban J connectivity index is 3.37. The first-order chi connectivity index (χ1) is 5.06. The third kappa shape index (κ3) is 9.43. The first-order valence-electron chi connectivity index (χ1n) is 3.91. The van der Waals surface area contributed by atoms with Crippen LogP contribution in [0.4, 0.5) is 0 Å². The molecule has 0 aliphatic heterocycles. The van der Waals surface area contributed by atoms with Gasteiger partial charge < -0.3 is 5.32 Å². The van der Waals surface area contributed by atoms with Crippen molar-refractivity contribution in [2.45, 2.75) is 26.1 Å². The summed E-state index contributed by atoms with van der Waals surface area (Å²) in [5, 5.41) is 2.62. The molecule has 0 saturated carbocycles. The van der Waals surface area contributed by atoms with Gasteiger partial charge >= 0.3 is 0 Å². The topological polar surface area (TPSA) is 29.1 Å². The molecule has 2 nitrogen and oxygen atoms in total. The van der Waals surface area contributed by atoms with Crippen LogP contribution < -0.4 is 5.32 Å². The molecule has 0 bridgehead atoms. The van der Waals surface area contributed by atoms with Gasteiger partial charge in [-0.1, -0.05) is 31.4 Å². The van der Waals surface area contributed by atoms with Gasteiger partial charge in [0.15, 0.2) is 0 Å². The predicted octanol–water partition coefficient (Wildman–Crippen LogP) is 1.56. The van der Waals surface area contributed by atoms with E-state index in [0.29, 0.717) is 0 Å². The van der Waals surface area contributed by atoms with Gasteiger partial charge in [-0.25, -0.2) is 0 Å². The Morgan fingerprint density at radius 2 is 2.00 bits per heavy atom. The minimum atomic E-state index is -1.01. The van der Waals surface area contributed by atoms with Crippen molar-refractivity contribution in [1.82, 2.24) is 5.32 Å². The third-order valence-corrected chi connectivity index (χ3v) is 2.39. The van der Waals surface area contributed by atoms with Crippen molar-refractivity contribution in [3.8, 4) is 0 Å². The second-order valence-electron chi connectivity index (χ2n) is 3.63. The number of hydrogen-bond donors (Lipinski definition) is 1. The molecule has 0 spiro atoms. The van der Waals surface area contributed by atoms with Gasteiger partial charge in [0.1, 0.15) is 0 Å². The predicted molar refractivity (Wildman–Crippen MR) is 51.2 cm³/mol. The summed E-state index contributed by atoms with van der Waals surface area (Å²) in [6.45, 7) is 7.62. The number of rotatable bonds is 5. The summed E-state index contributed by atoms with van der Waals surface area (Å²) in [6.07, 6.45) is 3.84. The van der Waals surface area contributed by atoms with Crippen molar-refractivity contribution in [3.05, 3.63) is 11.8 Å². The monoisotopic (exact) mass is 171 g/mol. The molecule has 0 radical (unpaired) electrons. The average molecular weight is 171 g/mol. The molecule has 1 N–H and O–H groups in total. The highest BCUT2D eigenvalue weighted by molar-refractivity contribution is 6.80. The van der Waals surface area contributed by atoms with Crippen LogP contribution in [-0.2, 0) is 4.79 Å². The fourth-order valence-electron chi connectivity index (χ4n) is 0.662. The van der Waals surface area contributed by atoms with Crippen LogP contribution in [0.25, 0.3) is 0 Å². The second kappa shape index (κ2) is 5.13. The molecule has 0 aliphatic carbocycles. The number of carbonyl (C=O) groups excluding carboxylic acids is 1. The van der Waals surface area contributed by atoms with Crippen LogP contribution in [0, 0.1) is 0 Å². The molecular formula is C8H17NOSi. The minimum Gasteiger partial charge on any atom is -0.358 e. The van der Waals surface area contributed by atoms with Gasteiger partial charge in [-0.2, -0.15) is 0 Å². The van der Waals surface area contributed by atoms with Crippen LogP contribution in [0.5, 0.6) is 0 Å². The fourth-order valence-corrected chi connectivity index (χ4v) is 1.54. The van der Waals surface area contributed by atoms with Gasteiger partial charge in [0.25, 0.3) is 0 Å². The lowest BCUT2D eigenvalue weighted by Crippen LogP contribution is -2.16. The van der Waals surface area contributed by atoms with E-state index in [9.17, 15) is 4.79 Å². The third-order valence-electron chi connectivity index (χ3n) is 1.16. The number of carbonyl (C=O) groups is 1. The molecule has 1 amide bonds. The van der Waals surface area contributed by atoms with Crippen LogP contribution >= 0.6 is 0 Å². The Kier molecular flexibility index (Phi) is 4.86. The van der Waals surface area contributed by atoms with Crippen molar-refractivity contribution in [1.29, 1.82) is 0 Å². The van der Waals surface area contributed by atoms with E-state index in [1.807, 2.05) is 0 Å². The zero-order valence-electron chi connectivity index (χ0n) is 7.55. The van der Waals surface area contributed by atoms with E-state index in [1.165, 1.54) is 0 Å². The normalized spacial score (nSPS) is 11.9. The summed E-state index contributed by atoms with van der Waals surface area (Å²) in [6, 6.07) is 0. The molecule has 0 rings (SSSR count). The maximum atomic E-state index is 9.84. The lowest BCUT2D eigenvalue weighted by Gasteiger charge is -2.07. The number of hydrogen-bond acceptors (Lipinski definition) is 1. The van der Waals surface area contributed by atoms with Crippen LogP contribution in [0.15, 0.2) is 11.8 Å². The molecule has 0 atom stereocenters. The van der Waals surface area contributed by atoms with E-state index in [4.69, 9.17) is 0 Å². The molecule has 0 aromatic rings. The maximum absolute atomic E-state index is 9.84. The molecule has 3 heteroatoms. The molecule has 0 aromatic carbocycles. The van der Waals surface area contributed by atoms with E-state index in [0.717, 1.165) is 19.4 Å². The number of amides is 1. The van der Waals surface area contributed by atoms with Gasteiger partial charge in [0.2, 0.25) is 6.41 Å². The van der Waals surface area contributed by atoms with E-state index in [1.54, 1.807) is 0 Å². The van der Waals surface area contributed by atoms with Crippen LogP contribution in [-0.4, -0.2) is 21.0 Å². The van der Waals surface area contributed by atoms with Crippen LogP contribution in [0.2, 0.25) is 19.6 Å². The molecule has 0 saturated heterocycles. The highest BCUT2D eigenvalue weighted by Gasteiger charge is 2.05. The van der Waals surface area contributed by atoms with Gasteiger partial charge in [-0.15, -0.1) is 0 Å². The highest BCUT2D eigenvalue weighted by Crippen LogP contribution is 2.01. The van der Waals surface area contributed by atoms with Crippen LogP contribution in [0.1, 0.15) is 6.42 Å². The molecular weight excluding hydrogens is 154 g/mol. The Morgan fingerprint density at radius 1 is 1.36 bits per heavy atom. The van der Waals surface area contributed by atoms with E-state index in [-0.39, 0.29) is 0 Å². The van der Waals surface area contributed by atoms with E-state index in [2.05, 4.69) is 36.7 Å². The summed E-state index contributed by atoms with van der Waals surface area (Å²) in [7, 11) is -1.01. The van der Waals surface area contributed by atoms with Crippen molar-refractivity contribution in [2.75, 3.05) is 6.54 Å². The molecule has 0 aliphatic rings. The smallest absolute Gasteiger partial charge is 0.207 e. The van der Waals surface area contributed by atoms with Gasteiger partial charge in [0.05, 0.1) is 8.07 Å². The summed E-state index contributed by atoms with van der Waals surface area (Å²) in [4.78, 5) is 9.84. The first-order valence-corrected chi connectivity index (χ1v) is 7.49.